The minimum Gasteiger partial charge on any atom is -0.458 e. The number of ether oxygens (including phenoxy) is 3. The van der Waals surface area contributed by atoms with Crippen molar-refractivity contribution < 1.29 is 43.9 Å². The summed E-state index contributed by atoms with van der Waals surface area (Å²) < 4.78 is 14.1. The fourth-order valence-corrected chi connectivity index (χ4v) is 1.12. The summed E-state index contributed by atoms with van der Waals surface area (Å²) in [4.78, 5) is 31.1. The fraction of sp³-hybridized carbons (Fsp3) is 0.909. The smallest absolute Gasteiger partial charge is 0.332 e. The van der Waals surface area contributed by atoms with Crippen molar-refractivity contribution in [3.63, 3.8) is 0 Å². The lowest BCUT2D eigenvalue weighted by atomic mass is 10.2. The van der Waals surface area contributed by atoms with E-state index in [0.29, 0.717) is 0 Å². The highest BCUT2D eigenvalue weighted by molar-refractivity contribution is 5.71. The molecule has 9 heteroatoms. The van der Waals surface area contributed by atoms with Crippen molar-refractivity contribution in [2.75, 3.05) is 19.8 Å². The van der Waals surface area contributed by atoms with Gasteiger partial charge in [0.1, 0.15) is 36.6 Å². The number of aliphatic hydroxyl groups is 3. The molecule has 0 aromatic carbocycles. The van der Waals surface area contributed by atoms with Crippen LogP contribution in [0.3, 0.4) is 0 Å². The molecule has 0 spiro atoms. The molecule has 0 fully saturated rings. The summed E-state index contributed by atoms with van der Waals surface area (Å²) in [5, 5.41) is 24.7. The molecule has 0 aliphatic heterocycles. The van der Waals surface area contributed by atoms with Crippen LogP contribution in [0.1, 0.15) is 166 Å². The second kappa shape index (κ2) is 55.2. The summed E-state index contributed by atoms with van der Waals surface area (Å²) in [6.45, 7) is 42.4. The Hall–Kier alpha value is -1.71. The van der Waals surface area contributed by atoms with Crippen LogP contribution in [0.5, 0.6) is 0 Å². The Morgan fingerprint density at radius 1 is 0.405 bits per heavy atom. The topological polar surface area (TPSA) is 140 Å². The molecule has 42 heavy (non-hydrogen) atoms. The maximum atomic E-state index is 10.4. The standard InChI is InChI=1S/3C6H12O3.C3H8.6C2H6/c3*1-6(2,3)9-5(8)4-7;1-3-2;6*1-2/h3*7H,4H2,1-3H3;3H2,1-2H3;6*1-2H3. The van der Waals surface area contributed by atoms with E-state index >= 15 is 0 Å². The molecule has 0 bridgehead atoms. The highest BCUT2D eigenvalue weighted by Gasteiger charge is 2.15. The second-order valence-corrected chi connectivity index (χ2v) is 8.94. The summed E-state index contributed by atoms with van der Waals surface area (Å²) in [6.07, 6.45) is 1.25. The van der Waals surface area contributed by atoms with Crippen LogP contribution in [0.25, 0.3) is 0 Å². The van der Waals surface area contributed by atoms with Gasteiger partial charge in [0, 0.05) is 0 Å². The Morgan fingerprint density at radius 3 is 0.524 bits per heavy atom. The lowest BCUT2D eigenvalue weighted by Crippen LogP contribution is -2.25. The molecule has 0 heterocycles. The van der Waals surface area contributed by atoms with Crippen molar-refractivity contribution in [2.45, 2.75) is 182 Å². The quantitative estimate of drug-likeness (QED) is 0.209. The third kappa shape index (κ3) is 143. The van der Waals surface area contributed by atoms with Gasteiger partial charge in [-0.15, -0.1) is 0 Å². The first kappa shape index (κ1) is 67.8. The normalized spacial score (nSPS) is 8.43. The van der Waals surface area contributed by atoms with Crippen molar-refractivity contribution in [1.82, 2.24) is 0 Å². The lowest BCUT2D eigenvalue weighted by Gasteiger charge is -2.18. The zero-order chi connectivity index (χ0) is 37.2. The van der Waals surface area contributed by atoms with Crippen LogP contribution in [0.4, 0.5) is 0 Å². The highest BCUT2D eigenvalue weighted by Crippen LogP contribution is 2.07. The van der Waals surface area contributed by atoms with E-state index in [9.17, 15) is 14.4 Å². The SMILES string of the molecule is CC.CC.CC.CC.CC.CC.CC(C)(C)OC(=O)CO.CC(C)(C)OC(=O)CO.CC(C)(C)OC(=O)CO.CCC. The summed E-state index contributed by atoms with van der Waals surface area (Å²) in [5.41, 5.74) is -1.46. The first-order chi connectivity index (χ1) is 19.3. The van der Waals surface area contributed by atoms with Gasteiger partial charge >= 0.3 is 17.9 Å². The maximum absolute atomic E-state index is 10.4. The molecular weight excluding hydrogens is 540 g/mol. The molecule has 0 aliphatic carbocycles. The van der Waals surface area contributed by atoms with Crippen LogP contribution in [-0.4, -0.2) is 69.9 Å². The van der Waals surface area contributed by atoms with Gasteiger partial charge in [-0.05, 0) is 62.3 Å². The number of esters is 3. The van der Waals surface area contributed by atoms with Crippen LogP contribution >= 0.6 is 0 Å². The van der Waals surface area contributed by atoms with Crippen molar-refractivity contribution in [3.8, 4) is 0 Å². The van der Waals surface area contributed by atoms with E-state index in [1.807, 2.05) is 83.1 Å². The van der Waals surface area contributed by atoms with Crippen LogP contribution < -0.4 is 0 Å². The van der Waals surface area contributed by atoms with E-state index in [1.54, 1.807) is 62.3 Å². The number of rotatable bonds is 3. The van der Waals surface area contributed by atoms with Crippen molar-refractivity contribution in [1.29, 1.82) is 0 Å². The molecule has 0 atom stereocenters. The van der Waals surface area contributed by atoms with Gasteiger partial charge in [-0.25, -0.2) is 14.4 Å². The van der Waals surface area contributed by atoms with Crippen LogP contribution in [0.2, 0.25) is 0 Å². The highest BCUT2D eigenvalue weighted by atomic mass is 16.6. The molecule has 9 nitrogen and oxygen atoms in total. The van der Waals surface area contributed by atoms with Crippen molar-refractivity contribution in [3.05, 3.63) is 0 Å². The molecule has 0 aromatic rings. The predicted octanol–water partition coefficient (Wildman–Crippen LogP) is 8.53. The zero-order valence-electron chi connectivity index (χ0n) is 32.6. The Labute approximate surface area is 264 Å². The molecule has 0 rings (SSSR count). The van der Waals surface area contributed by atoms with Gasteiger partial charge in [-0.3, -0.25) is 0 Å². The minimum absolute atomic E-state index is 0.486. The van der Waals surface area contributed by atoms with Gasteiger partial charge in [-0.1, -0.05) is 103 Å². The Bertz CT molecular complexity index is 391. The van der Waals surface area contributed by atoms with E-state index in [-0.39, 0.29) is 0 Å². The van der Waals surface area contributed by atoms with Gasteiger partial charge in [0.05, 0.1) is 0 Å². The number of hydrogen-bond donors (Lipinski definition) is 3. The largest absolute Gasteiger partial charge is 0.458 e. The van der Waals surface area contributed by atoms with Gasteiger partial charge in [-0.2, -0.15) is 0 Å². The van der Waals surface area contributed by atoms with E-state index in [0.717, 1.165) is 0 Å². The van der Waals surface area contributed by atoms with Gasteiger partial charge in [0.15, 0.2) is 0 Å². The summed E-state index contributed by atoms with van der Waals surface area (Å²) in [7, 11) is 0. The van der Waals surface area contributed by atoms with E-state index in [4.69, 9.17) is 29.5 Å². The van der Waals surface area contributed by atoms with Crippen LogP contribution in [0, 0.1) is 0 Å². The molecule has 0 radical (unpaired) electrons. The number of carbonyl (C=O) groups excluding carboxylic acids is 3. The molecule has 0 aliphatic rings. The number of aliphatic hydroxyl groups excluding tert-OH is 3. The average molecular weight is 621 g/mol. The maximum Gasteiger partial charge on any atom is 0.332 e. The molecule has 0 saturated carbocycles. The Morgan fingerprint density at radius 2 is 0.500 bits per heavy atom. The second-order valence-electron chi connectivity index (χ2n) is 8.94. The predicted molar refractivity (Wildman–Crippen MR) is 183 cm³/mol. The molecule has 0 saturated heterocycles. The summed E-state index contributed by atoms with van der Waals surface area (Å²) in [5.74, 6) is -1.74. The third-order valence-electron chi connectivity index (χ3n) is 1.65. The summed E-state index contributed by atoms with van der Waals surface area (Å²) >= 11 is 0. The van der Waals surface area contributed by atoms with Crippen LogP contribution in [0.15, 0.2) is 0 Å². The Balaban J connectivity index is -0.0000000371. The summed E-state index contributed by atoms with van der Waals surface area (Å²) in [6, 6.07) is 0. The molecule has 3 N–H and O–H groups in total. The molecular formula is C33H80O9. The third-order valence-corrected chi connectivity index (χ3v) is 1.65. The fourth-order valence-electron chi connectivity index (χ4n) is 1.12. The van der Waals surface area contributed by atoms with Crippen molar-refractivity contribution in [2.24, 2.45) is 0 Å². The first-order valence-corrected chi connectivity index (χ1v) is 15.8. The molecule has 0 aromatic heterocycles. The molecule has 266 valence electrons. The van der Waals surface area contributed by atoms with Gasteiger partial charge < -0.3 is 29.5 Å². The van der Waals surface area contributed by atoms with Crippen LogP contribution in [-0.2, 0) is 28.6 Å². The molecule has 0 amide bonds. The van der Waals surface area contributed by atoms with E-state index in [2.05, 4.69) is 13.8 Å². The number of hydrogen-bond acceptors (Lipinski definition) is 9. The van der Waals surface area contributed by atoms with Crippen molar-refractivity contribution >= 4 is 17.9 Å². The first-order valence-electron chi connectivity index (χ1n) is 15.8. The van der Waals surface area contributed by atoms with Gasteiger partial charge in [0.25, 0.3) is 0 Å². The van der Waals surface area contributed by atoms with E-state index in [1.165, 1.54) is 6.42 Å². The average Bonchev–Trinajstić information content (AvgIpc) is 2.93. The van der Waals surface area contributed by atoms with E-state index < -0.39 is 54.5 Å². The molecule has 0 unspecified atom stereocenters. The minimum atomic E-state index is -0.581. The lowest BCUT2D eigenvalue weighted by molar-refractivity contribution is -0.159. The monoisotopic (exact) mass is 621 g/mol. The van der Waals surface area contributed by atoms with Gasteiger partial charge in [0.2, 0.25) is 0 Å². The Kier molecular flexibility index (Phi) is 89.2. The zero-order valence-corrected chi connectivity index (χ0v) is 32.6. The number of carbonyl (C=O) groups is 3.